The van der Waals surface area contributed by atoms with E-state index >= 15 is 0 Å². The average molecular weight is 548 g/mol. The number of carbonyl (C=O) groups is 1. The van der Waals surface area contributed by atoms with E-state index in [2.05, 4.69) is 18.9 Å². The van der Waals surface area contributed by atoms with Crippen molar-refractivity contribution in [2.24, 2.45) is 5.10 Å². The summed E-state index contributed by atoms with van der Waals surface area (Å²) >= 11 is 6.26. The maximum atomic E-state index is 13.7. The lowest BCUT2D eigenvalue weighted by Gasteiger charge is -2.17. The summed E-state index contributed by atoms with van der Waals surface area (Å²) in [6.45, 7) is 7.67. The molecule has 1 aromatic heterocycles. The van der Waals surface area contributed by atoms with E-state index in [4.69, 9.17) is 30.8 Å². The number of para-hydroxylation sites is 1. The van der Waals surface area contributed by atoms with Crippen molar-refractivity contribution in [2.75, 3.05) is 14.2 Å². The second-order valence-electron chi connectivity index (χ2n) is 9.34. The molecular formula is C30H30ClN3O5. The minimum absolute atomic E-state index is 0.173. The molecule has 0 fully saturated rings. The number of aromatic nitrogens is 2. The van der Waals surface area contributed by atoms with E-state index in [1.54, 1.807) is 50.4 Å². The molecule has 0 amide bonds. The lowest BCUT2D eigenvalue weighted by atomic mass is 9.96. The number of carbonyl (C=O) groups excluding carboxylic acids is 1. The summed E-state index contributed by atoms with van der Waals surface area (Å²) in [5, 5.41) is 5.43. The maximum absolute atomic E-state index is 13.7. The van der Waals surface area contributed by atoms with Gasteiger partial charge in [-0.15, -0.1) is 0 Å². The first-order chi connectivity index (χ1) is 18.6. The van der Waals surface area contributed by atoms with Crippen molar-refractivity contribution in [3.8, 4) is 22.9 Å². The number of esters is 1. The first-order valence-corrected chi connectivity index (χ1v) is 12.8. The Hall–Kier alpha value is -4.17. The third-order valence-corrected chi connectivity index (χ3v) is 6.55. The molecule has 0 radical (unpaired) electrons. The highest BCUT2D eigenvalue weighted by Gasteiger charge is 2.19. The summed E-state index contributed by atoms with van der Waals surface area (Å²) in [6, 6.07) is 16.0. The molecule has 1 heterocycles. The molecule has 9 heteroatoms. The zero-order valence-corrected chi connectivity index (χ0v) is 23.4. The third-order valence-electron chi connectivity index (χ3n) is 6.31. The Labute approximate surface area is 231 Å². The standard InChI is InChI=1S/C30H30ClN3O5/c1-17(2)23-15-24(18(3)13-27(23)37-5)28-33-25-10-8-7-9-22(25)29(35)34(28)32-16-20-14-21(31)11-12-26(20)39-19(4)30(36)38-6/h7-17,19H,1-6H3/t19-/m1/s1. The quantitative estimate of drug-likeness (QED) is 0.199. The minimum atomic E-state index is -0.861. The van der Waals surface area contributed by atoms with Crippen molar-refractivity contribution in [3.63, 3.8) is 0 Å². The normalized spacial score (nSPS) is 12.2. The maximum Gasteiger partial charge on any atom is 0.346 e. The first kappa shape index (κ1) is 27.9. The SMILES string of the molecule is COC(=O)[C@@H](C)Oc1ccc(Cl)cc1C=Nn1c(-c2cc(C(C)C)c(OC)cc2C)nc2ccccc2c1=O. The molecule has 0 bridgehead atoms. The Morgan fingerprint density at radius 1 is 1.05 bits per heavy atom. The fraction of sp³-hybridized carbons (Fsp3) is 0.267. The van der Waals surface area contributed by atoms with Gasteiger partial charge in [-0.25, -0.2) is 9.78 Å². The molecule has 0 aliphatic rings. The molecule has 4 aromatic rings. The lowest BCUT2D eigenvalue weighted by Crippen LogP contribution is -2.25. The molecule has 0 saturated heterocycles. The van der Waals surface area contributed by atoms with Crippen LogP contribution >= 0.6 is 11.6 Å². The Morgan fingerprint density at radius 3 is 2.49 bits per heavy atom. The van der Waals surface area contributed by atoms with Crippen LogP contribution in [0.4, 0.5) is 0 Å². The fourth-order valence-corrected chi connectivity index (χ4v) is 4.40. The van der Waals surface area contributed by atoms with Crippen LogP contribution in [0.1, 0.15) is 43.4 Å². The molecule has 202 valence electrons. The summed E-state index contributed by atoms with van der Waals surface area (Å²) in [7, 11) is 2.93. The number of nitrogens with zero attached hydrogens (tertiary/aromatic N) is 3. The van der Waals surface area contributed by atoms with Gasteiger partial charge in [-0.3, -0.25) is 4.79 Å². The molecule has 0 saturated carbocycles. The lowest BCUT2D eigenvalue weighted by molar-refractivity contribution is -0.147. The summed E-state index contributed by atoms with van der Waals surface area (Å²) in [4.78, 5) is 30.5. The summed E-state index contributed by atoms with van der Waals surface area (Å²) < 4.78 is 17.5. The number of ether oxygens (including phenoxy) is 3. The number of fused-ring (bicyclic) bond motifs is 1. The van der Waals surface area contributed by atoms with Crippen LogP contribution in [0.15, 0.2) is 64.5 Å². The Bertz CT molecular complexity index is 1630. The summed E-state index contributed by atoms with van der Waals surface area (Å²) in [6.07, 6.45) is 0.606. The van der Waals surface area contributed by atoms with E-state index < -0.39 is 12.1 Å². The number of rotatable bonds is 8. The molecule has 1 atom stereocenters. The van der Waals surface area contributed by atoms with Crippen LogP contribution in [-0.4, -0.2) is 42.2 Å². The van der Waals surface area contributed by atoms with Crippen LogP contribution in [-0.2, 0) is 9.53 Å². The van der Waals surface area contributed by atoms with Gasteiger partial charge in [0.05, 0.1) is 31.3 Å². The highest BCUT2D eigenvalue weighted by atomic mass is 35.5. The van der Waals surface area contributed by atoms with Crippen molar-refractivity contribution in [1.82, 2.24) is 9.66 Å². The highest BCUT2D eigenvalue weighted by Crippen LogP contribution is 2.34. The van der Waals surface area contributed by atoms with Crippen LogP contribution < -0.4 is 15.0 Å². The van der Waals surface area contributed by atoms with Gasteiger partial charge >= 0.3 is 5.97 Å². The first-order valence-electron chi connectivity index (χ1n) is 12.4. The van der Waals surface area contributed by atoms with Crippen LogP contribution in [0.25, 0.3) is 22.3 Å². The van der Waals surface area contributed by atoms with Crippen LogP contribution in [0.3, 0.4) is 0 Å². The molecule has 3 aromatic carbocycles. The van der Waals surface area contributed by atoms with E-state index in [1.807, 2.05) is 25.1 Å². The number of hydrogen-bond acceptors (Lipinski definition) is 7. The van der Waals surface area contributed by atoms with Gasteiger partial charge in [0, 0.05) is 16.1 Å². The van der Waals surface area contributed by atoms with Gasteiger partial charge in [-0.05, 0) is 73.4 Å². The number of aryl methyl sites for hydroxylation is 1. The predicted octanol–water partition coefficient (Wildman–Crippen LogP) is 5.98. The second kappa shape index (κ2) is 11.7. The molecule has 0 N–H and O–H groups in total. The van der Waals surface area contributed by atoms with E-state index in [1.165, 1.54) is 18.0 Å². The Balaban J connectivity index is 1.93. The van der Waals surface area contributed by atoms with Crippen molar-refractivity contribution >= 4 is 34.7 Å². The van der Waals surface area contributed by atoms with Gasteiger partial charge < -0.3 is 14.2 Å². The highest BCUT2D eigenvalue weighted by molar-refractivity contribution is 6.30. The third kappa shape index (κ3) is 5.81. The molecule has 0 aliphatic carbocycles. The molecule has 0 spiro atoms. The van der Waals surface area contributed by atoms with Crippen LogP contribution in [0.5, 0.6) is 11.5 Å². The van der Waals surface area contributed by atoms with E-state index in [0.717, 1.165) is 22.4 Å². The van der Waals surface area contributed by atoms with E-state index in [0.29, 0.717) is 33.1 Å². The van der Waals surface area contributed by atoms with E-state index in [9.17, 15) is 9.59 Å². The van der Waals surface area contributed by atoms with Gasteiger partial charge in [0.15, 0.2) is 11.9 Å². The minimum Gasteiger partial charge on any atom is -0.496 e. The number of methoxy groups -OCH3 is 2. The zero-order valence-electron chi connectivity index (χ0n) is 22.7. The van der Waals surface area contributed by atoms with Gasteiger partial charge in [0.1, 0.15) is 11.5 Å². The van der Waals surface area contributed by atoms with Crippen LogP contribution in [0, 0.1) is 6.92 Å². The van der Waals surface area contributed by atoms with Gasteiger partial charge in [-0.2, -0.15) is 9.78 Å². The molecule has 8 nitrogen and oxygen atoms in total. The Kier molecular flexibility index (Phi) is 8.35. The molecule has 0 unspecified atom stereocenters. The fourth-order valence-electron chi connectivity index (χ4n) is 4.22. The molecular weight excluding hydrogens is 518 g/mol. The Morgan fingerprint density at radius 2 is 1.79 bits per heavy atom. The predicted molar refractivity (Wildman–Crippen MR) is 153 cm³/mol. The second-order valence-corrected chi connectivity index (χ2v) is 9.78. The molecule has 0 aliphatic heterocycles. The number of halogens is 1. The van der Waals surface area contributed by atoms with Crippen molar-refractivity contribution < 1.29 is 19.0 Å². The number of hydrogen-bond donors (Lipinski definition) is 0. The summed E-state index contributed by atoms with van der Waals surface area (Å²) in [5.41, 5.74) is 3.31. The molecule has 4 rings (SSSR count). The van der Waals surface area contributed by atoms with Crippen molar-refractivity contribution in [2.45, 2.75) is 39.7 Å². The molecule has 39 heavy (non-hydrogen) atoms. The topological polar surface area (TPSA) is 92.0 Å². The average Bonchev–Trinajstić information content (AvgIpc) is 2.92. The van der Waals surface area contributed by atoms with Crippen molar-refractivity contribution in [1.29, 1.82) is 0 Å². The number of benzene rings is 3. The largest absolute Gasteiger partial charge is 0.496 e. The summed E-state index contributed by atoms with van der Waals surface area (Å²) in [5.74, 6) is 1.15. The zero-order chi connectivity index (χ0) is 28.3. The van der Waals surface area contributed by atoms with E-state index in [-0.39, 0.29) is 11.5 Å². The van der Waals surface area contributed by atoms with Crippen molar-refractivity contribution in [3.05, 3.63) is 86.7 Å². The van der Waals surface area contributed by atoms with Crippen LogP contribution in [0.2, 0.25) is 5.02 Å². The smallest absolute Gasteiger partial charge is 0.346 e. The van der Waals surface area contributed by atoms with Gasteiger partial charge in [0.2, 0.25) is 0 Å². The monoisotopic (exact) mass is 547 g/mol. The van der Waals surface area contributed by atoms with Gasteiger partial charge in [-0.1, -0.05) is 37.6 Å². The van der Waals surface area contributed by atoms with Gasteiger partial charge in [0.25, 0.3) is 5.56 Å².